The molecule has 0 saturated heterocycles. The first-order chi connectivity index (χ1) is 9.22. The Labute approximate surface area is 115 Å². The van der Waals surface area contributed by atoms with Gasteiger partial charge in [0.15, 0.2) is 5.13 Å². The quantitative estimate of drug-likeness (QED) is 0.933. The number of furan rings is 1. The number of carbonyl (C=O) groups is 1. The summed E-state index contributed by atoms with van der Waals surface area (Å²) in [6, 6.07) is 4.05. The summed E-state index contributed by atoms with van der Waals surface area (Å²) in [6.07, 6.45) is 3.80. The Morgan fingerprint density at radius 3 is 3.00 bits per heavy atom. The number of hydrogen-bond acceptors (Lipinski definition) is 4. The number of nitrogens with zero attached hydrogens (tertiary/aromatic N) is 2. The van der Waals surface area contributed by atoms with Crippen LogP contribution in [-0.2, 0) is 6.54 Å². The van der Waals surface area contributed by atoms with Crippen molar-refractivity contribution in [3.63, 3.8) is 0 Å². The van der Waals surface area contributed by atoms with E-state index in [4.69, 9.17) is 4.42 Å². The molecule has 0 radical (unpaired) electrons. The van der Waals surface area contributed by atoms with Gasteiger partial charge in [0, 0.05) is 17.6 Å². The van der Waals surface area contributed by atoms with Crippen LogP contribution in [0.5, 0.6) is 0 Å². The maximum Gasteiger partial charge on any atom is 0.324 e. The van der Waals surface area contributed by atoms with Crippen molar-refractivity contribution < 1.29 is 9.21 Å². The molecule has 2 aromatic rings. The number of urea groups is 1. The highest BCUT2D eigenvalue weighted by molar-refractivity contribution is 7.13. The Bertz CT molecular complexity index is 560. The lowest BCUT2D eigenvalue weighted by Crippen LogP contribution is -2.36. The number of aromatic nitrogens is 1. The van der Waals surface area contributed by atoms with Crippen LogP contribution in [0, 0.1) is 6.92 Å². The fourth-order valence-corrected chi connectivity index (χ4v) is 2.46. The van der Waals surface area contributed by atoms with Crippen LogP contribution in [0.1, 0.15) is 24.4 Å². The van der Waals surface area contributed by atoms with Gasteiger partial charge in [-0.15, -0.1) is 11.3 Å². The second-order valence-corrected chi connectivity index (χ2v) is 5.53. The summed E-state index contributed by atoms with van der Waals surface area (Å²) in [5, 5.41) is 5.29. The molecule has 0 spiro atoms. The van der Waals surface area contributed by atoms with E-state index in [0.717, 1.165) is 24.4 Å². The van der Waals surface area contributed by atoms with Crippen molar-refractivity contribution in [1.29, 1.82) is 0 Å². The smallest absolute Gasteiger partial charge is 0.324 e. The molecule has 5 nitrogen and oxygen atoms in total. The number of anilines is 1. The molecule has 2 aromatic heterocycles. The number of hydrogen-bond donors (Lipinski definition) is 1. The molecule has 0 aromatic carbocycles. The number of rotatable bonds is 4. The van der Waals surface area contributed by atoms with Crippen LogP contribution in [0.2, 0.25) is 0 Å². The molecular formula is C13H15N3O2S. The number of thiazole rings is 1. The molecule has 0 atom stereocenters. The Morgan fingerprint density at radius 2 is 2.42 bits per heavy atom. The molecule has 0 aliphatic heterocycles. The van der Waals surface area contributed by atoms with Gasteiger partial charge >= 0.3 is 6.03 Å². The zero-order valence-corrected chi connectivity index (χ0v) is 11.4. The van der Waals surface area contributed by atoms with E-state index in [-0.39, 0.29) is 6.03 Å². The molecule has 100 valence electrons. The SMILES string of the molecule is Cc1ccc(CN(C(=O)Nc2nccs2)C2CC2)o1. The molecule has 2 heterocycles. The van der Waals surface area contributed by atoms with Gasteiger partial charge in [-0.3, -0.25) is 5.32 Å². The first-order valence-electron chi connectivity index (χ1n) is 6.25. The van der Waals surface area contributed by atoms with E-state index in [1.54, 1.807) is 6.20 Å². The molecular weight excluding hydrogens is 262 g/mol. The minimum absolute atomic E-state index is 0.105. The van der Waals surface area contributed by atoms with Crippen molar-refractivity contribution in [3.05, 3.63) is 35.2 Å². The minimum Gasteiger partial charge on any atom is -0.464 e. The van der Waals surface area contributed by atoms with Crippen molar-refractivity contribution in [2.45, 2.75) is 32.4 Å². The Kier molecular flexibility index (Phi) is 3.25. The summed E-state index contributed by atoms with van der Waals surface area (Å²) >= 11 is 1.42. The second-order valence-electron chi connectivity index (χ2n) is 4.64. The van der Waals surface area contributed by atoms with Crippen molar-refractivity contribution in [3.8, 4) is 0 Å². The fraction of sp³-hybridized carbons (Fsp3) is 0.385. The Hall–Kier alpha value is -1.82. The van der Waals surface area contributed by atoms with Gasteiger partial charge in [-0.05, 0) is 31.9 Å². The molecule has 19 heavy (non-hydrogen) atoms. The van der Waals surface area contributed by atoms with Crippen molar-refractivity contribution >= 4 is 22.5 Å². The van der Waals surface area contributed by atoms with Crippen LogP contribution in [-0.4, -0.2) is 22.0 Å². The predicted molar refractivity (Wildman–Crippen MR) is 73.1 cm³/mol. The van der Waals surface area contributed by atoms with Crippen LogP contribution in [0.3, 0.4) is 0 Å². The van der Waals surface area contributed by atoms with E-state index in [9.17, 15) is 4.79 Å². The summed E-state index contributed by atoms with van der Waals surface area (Å²) in [5.74, 6) is 1.68. The number of aryl methyl sites for hydroxylation is 1. The van der Waals surface area contributed by atoms with Gasteiger partial charge in [-0.25, -0.2) is 9.78 Å². The molecule has 6 heteroatoms. The van der Waals surface area contributed by atoms with Gasteiger partial charge in [-0.1, -0.05) is 0 Å². The summed E-state index contributed by atoms with van der Waals surface area (Å²) in [7, 11) is 0. The van der Waals surface area contributed by atoms with Crippen molar-refractivity contribution in [1.82, 2.24) is 9.88 Å². The topological polar surface area (TPSA) is 58.4 Å². The number of nitrogens with one attached hydrogen (secondary N) is 1. The molecule has 1 N–H and O–H groups in total. The minimum atomic E-state index is -0.105. The van der Waals surface area contributed by atoms with E-state index in [2.05, 4.69) is 10.3 Å². The first kappa shape index (κ1) is 12.2. The van der Waals surface area contributed by atoms with E-state index in [1.165, 1.54) is 11.3 Å². The van der Waals surface area contributed by atoms with E-state index < -0.39 is 0 Å². The molecule has 1 saturated carbocycles. The van der Waals surface area contributed by atoms with Crippen LogP contribution in [0.4, 0.5) is 9.93 Å². The largest absolute Gasteiger partial charge is 0.464 e. The van der Waals surface area contributed by atoms with E-state index in [1.807, 2.05) is 29.3 Å². The van der Waals surface area contributed by atoms with Gasteiger partial charge < -0.3 is 9.32 Å². The van der Waals surface area contributed by atoms with Crippen LogP contribution in [0.25, 0.3) is 0 Å². The molecule has 1 aliphatic rings. The average Bonchev–Trinajstić information content (AvgIpc) is 2.94. The van der Waals surface area contributed by atoms with Crippen molar-refractivity contribution in [2.75, 3.05) is 5.32 Å². The summed E-state index contributed by atoms with van der Waals surface area (Å²) < 4.78 is 5.54. The third-order valence-corrected chi connectivity index (χ3v) is 3.71. The second kappa shape index (κ2) is 5.05. The highest BCUT2D eigenvalue weighted by Gasteiger charge is 2.33. The van der Waals surface area contributed by atoms with Crippen molar-refractivity contribution in [2.24, 2.45) is 0 Å². The Balaban J connectivity index is 1.68. The maximum absolute atomic E-state index is 12.2. The highest BCUT2D eigenvalue weighted by Crippen LogP contribution is 2.29. The molecule has 3 rings (SSSR count). The predicted octanol–water partition coefficient (Wildman–Crippen LogP) is 3.24. The van der Waals surface area contributed by atoms with E-state index in [0.29, 0.717) is 17.7 Å². The third kappa shape index (κ3) is 2.96. The van der Waals surface area contributed by atoms with Gasteiger partial charge in [0.2, 0.25) is 0 Å². The average molecular weight is 277 g/mol. The monoisotopic (exact) mass is 277 g/mol. The Morgan fingerprint density at radius 1 is 1.58 bits per heavy atom. The molecule has 0 bridgehead atoms. The normalized spacial score (nSPS) is 14.4. The van der Waals surface area contributed by atoms with Crippen LogP contribution >= 0.6 is 11.3 Å². The fourth-order valence-electron chi connectivity index (χ4n) is 1.94. The summed E-state index contributed by atoms with van der Waals surface area (Å²) in [4.78, 5) is 18.1. The molecule has 2 amide bonds. The standard InChI is InChI=1S/C13H15N3O2S/c1-9-2-5-11(18-9)8-16(10-3-4-10)13(17)15-12-14-6-7-19-12/h2,5-7,10H,3-4,8H2,1H3,(H,14,15,17). The zero-order chi connectivity index (χ0) is 13.2. The highest BCUT2D eigenvalue weighted by atomic mass is 32.1. The van der Waals surface area contributed by atoms with Gasteiger partial charge in [0.05, 0.1) is 6.54 Å². The van der Waals surface area contributed by atoms with Gasteiger partial charge in [-0.2, -0.15) is 0 Å². The van der Waals surface area contributed by atoms with Gasteiger partial charge in [0.25, 0.3) is 0 Å². The summed E-state index contributed by atoms with van der Waals surface area (Å²) in [6.45, 7) is 2.41. The third-order valence-electron chi connectivity index (χ3n) is 3.02. The lowest BCUT2D eigenvalue weighted by molar-refractivity contribution is 0.200. The van der Waals surface area contributed by atoms with Crippen LogP contribution in [0.15, 0.2) is 28.1 Å². The summed E-state index contributed by atoms with van der Waals surface area (Å²) in [5.41, 5.74) is 0. The first-order valence-corrected chi connectivity index (χ1v) is 7.13. The lowest BCUT2D eigenvalue weighted by Gasteiger charge is -2.20. The zero-order valence-electron chi connectivity index (χ0n) is 10.6. The molecule has 1 fully saturated rings. The maximum atomic E-state index is 12.2. The van der Waals surface area contributed by atoms with Crippen LogP contribution < -0.4 is 5.32 Å². The molecule has 0 unspecified atom stereocenters. The van der Waals surface area contributed by atoms with Gasteiger partial charge in [0.1, 0.15) is 11.5 Å². The number of carbonyl (C=O) groups excluding carboxylic acids is 1. The lowest BCUT2D eigenvalue weighted by atomic mass is 10.4. The van der Waals surface area contributed by atoms with E-state index >= 15 is 0 Å². The number of amides is 2. The molecule has 1 aliphatic carbocycles.